The lowest BCUT2D eigenvalue weighted by atomic mass is 9.76. The molecule has 0 aromatic heterocycles. The molecular formula is C33H26N2O6. The molecule has 4 aromatic rings. The van der Waals surface area contributed by atoms with Crippen molar-refractivity contribution in [3.8, 4) is 11.5 Å². The van der Waals surface area contributed by atoms with Crippen LogP contribution in [0.4, 0.5) is 11.4 Å². The lowest BCUT2D eigenvalue weighted by Gasteiger charge is -2.45. The van der Waals surface area contributed by atoms with Gasteiger partial charge in [-0.15, -0.1) is 0 Å². The first-order valence-electron chi connectivity index (χ1n) is 13.1. The predicted octanol–water partition coefficient (Wildman–Crippen LogP) is 6.57. The number of ether oxygens (including phenoxy) is 2. The summed E-state index contributed by atoms with van der Waals surface area (Å²) in [5.41, 5.74) is 2.36. The molecule has 0 radical (unpaired) electrons. The Labute approximate surface area is 236 Å². The van der Waals surface area contributed by atoms with E-state index >= 15 is 0 Å². The molecule has 204 valence electrons. The van der Waals surface area contributed by atoms with Gasteiger partial charge in [0.05, 0.1) is 15.9 Å². The van der Waals surface area contributed by atoms with Crippen molar-refractivity contribution in [1.29, 1.82) is 0 Å². The zero-order valence-corrected chi connectivity index (χ0v) is 22.7. The molecule has 0 saturated heterocycles. The van der Waals surface area contributed by atoms with Gasteiger partial charge in [0.25, 0.3) is 5.69 Å². The van der Waals surface area contributed by atoms with E-state index in [2.05, 4.69) is 0 Å². The van der Waals surface area contributed by atoms with Crippen LogP contribution in [0, 0.1) is 10.1 Å². The second kappa shape index (κ2) is 9.45. The monoisotopic (exact) mass is 546 g/mol. The Morgan fingerprint density at radius 3 is 2.27 bits per heavy atom. The molecule has 8 heteroatoms. The van der Waals surface area contributed by atoms with Gasteiger partial charge in [-0.1, -0.05) is 30.3 Å². The van der Waals surface area contributed by atoms with Gasteiger partial charge in [0.2, 0.25) is 5.72 Å². The number of nitrogens with zero attached hydrogens (tertiary/aromatic N) is 2. The molecule has 2 aliphatic rings. The maximum Gasteiger partial charge on any atom is 0.343 e. The van der Waals surface area contributed by atoms with Gasteiger partial charge >= 0.3 is 5.97 Å². The van der Waals surface area contributed by atoms with Crippen LogP contribution in [0.25, 0.3) is 6.08 Å². The number of ketones is 1. The van der Waals surface area contributed by atoms with Crippen LogP contribution in [-0.4, -0.2) is 29.4 Å². The fraction of sp³-hybridized carbons (Fsp3) is 0.152. The standard InChI is InChI=1S/C33H26N2O6/c1-32(2)27-20-24(31(37)40-26-13-9-22(10-14-26)30(36)21-7-5-4-6-8-21)11-15-28(27)34(3)33(32)18-17-23-19-25(35(38)39)12-16-29(23)41-33/h4-20H,1-3H3. The third-order valence-corrected chi connectivity index (χ3v) is 7.98. The van der Waals surface area contributed by atoms with Crippen LogP contribution in [0.1, 0.15) is 51.3 Å². The molecule has 1 atom stereocenters. The molecule has 0 bridgehead atoms. The summed E-state index contributed by atoms with van der Waals surface area (Å²) >= 11 is 0. The number of rotatable bonds is 5. The number of anilines is 1. The molecule has 6 rings (SSSR count). The summed E-state index contributed by atoms with van der Waals surface area (Å²) in [6, 6.07) is 25.4. The van der Waals surface area contributed by atoms with E-state index in [9.17, 15) is 19.7 Å². The molecule has 4 aromatic carbocycles. The lowest BCUT2D eigenvalue weighted by molar-refractivity contribution is -0.384. The largest absolute Gasteiger partial charge is 0.463 e. The van der Waals surface area contributed by atoms with Gasteiger partial charge in [0, 0.05) is 41.6 Å². The highest BCUT2D eigenvalue weighted by Gasteiger charge is 2.57. The van der Waals surface area contributed by atoms with Crippen molar-refractivity contribution in [2.24, 2.45) is 0 Å². The number of carbonyl (C=O) groups excluding carboxylic acids is 2. The van der Waals surface area contributed by atoms with Crippen molar-refractivity contribution in [2.45, 2.75) is 25.0 Å². The van der Waals surface area contributed by atoms with E-state index in [-0.39, 0.29) is 11.5 Å². The van der Waals surface area contributed by atoms with E-state index < -0.39 is 22.0 Å². The molecule has 0 fully saturated rings. The highest BCUT2D eigenvalue weighted by molar-refractivity contribution is 6.09. The van der Waals surface area contributed by atoms with Crippen molar-refractivity contribution in [2.75, 3.05) is 11.9 Å². The Hall–Kier alpha value is -5.24. The minimum Gasteiger partial charge on any atom is -0.463 e. The molecule has 8 nitrogen and oxygen atoms in total. The smallest absolute Gasteiger partial charge is 0.343 e. The zero-order chi connectivity index (χ0) is 28.9. The van der Waals surface area contributed by atoms with E-state index in [1.807, 2.05) is 68.3 Å². The highest BCUT2D eigenvalue weighted by Crippen LogP contribution is 2.54. The summed E-state index contributed by atoms with van der Waals surface area (Å²) in [5.74, 6) is 0.242. The molecule has 2 aliphatic heterocycles. The van der Waals surface area contributed by atoms with Gasteiger partial charge in [-0.3, -0.25) is 14.9 Å². The van der Waals surface area contributed by atoms with Crippen molar-refractivity contribution in [1.82, 2.24) is 0 Å². The van der Waals surface area contributed by atoms with E-state index in [4.69, 9.17) is 9.47 Å². The Kier molecular flexibility index (Phi) is 5.99. The fourth-order valence-electron chi connectivity index (χ4n) is 5.64. The molecule has 1 unspecified atom stereocenters. The number of non-ortho nitro benzene ring substituents is 1. The summed E-state index contributed by atoms with van der Waals surface area (Å²) < 4.78 is 12.2. The van der Waals surface area contributed by atoms with Gasteiger partial charge in [-0.05, 0) is 80.1 Å². The summed E-state index contributed by atoms with van der Waals surface area (Å²) in [6.07, 6.45) is 3.76. The van der Waals surface area contributed by atoms with Crippen molar-refractivity contribution in [3.63, 3.8) is 0 Å². The third-order valence-electron chi connectivity index (χ3n) is 7.98. The molecule has 0 aliphatic carbocycles. The fourth-order valence-corrected chi connectivity index (χ4v) is 5.64. The first-order chi connectivity index (χ1) is 19.6. The van der Waals surface area contributed by atoms with Gasteiger partial charge < -0.3 is 14.4 Å². The van der Waals surface area contributed by atoms with E-state index in [1.54, 1.807) is 48.5 Å². The Morgan fingerprint density at radius 2 is 1.56 bits per heavy atom. The van der Waals surface area contributed by atoms with Gasteiger partial charge in [0.15, 0.2) is 5.78 Å². The van der Waals surface area contributed by atoms with E-state index in [0.717, 1.165) is 11.3 Å². The van der Waals surface area contributed by atoms with Crippen LogP contribution in [0.15, 0.2) is 97.1 Å². The van der Waals surface area contributed by atoms with Crippen LogP contribution < -0.4 is 14.4 Å². The predicted molar refractivity (Wildman–Crippen MR) is 155 cm³/mol. The second-order valence-electron chi connectivity index (χ2n) is 10.6. The summed E-state index contributed by atoms with van der Waals surface area (Å²) in [7, 11) is 1.92. The van der Waals surface area contributed by atoms with Crippen LogP contribution >= 0.6 is 0 Å². The molecule has 2 heterocycles. The number of hydrogen-bond acceptors (Lipinski definition) is 7. The van der Waals surface area contributed by atoms with Crippen molar-refractivity contribution in [3.05, 3.63) is 135 Å². The van der Waals surface area contributed by atoms with E-state index in [0.29, 0.717) is 33.8 Å². The molecule has 1 spiro atoms. The average molecular weight is 547 g/mol. The first kappa shape index (κ1) is 26.0. The number of benzene rings is 4. The number of nitro groups is 1. The number of fused-ring (bicyclic) bond motifs is 2. The van der Waals surface area contributed by atoms with Crippen LogP contribution in [0.2, 0.25) is 0 Å². The molecular weight excluding hydrogens is 520 g/mol. The van der Waals surface area contributed by atoms with E-state index in [1.165, 1.54) is 12.1 Å². The number of carbonyl (C=O) groups is 2. The number of likely N-dealkylation sites (N-methyl/N-ethyl adjacent to an activating group) is 1. The topological polar surface area (TPSA) is 99.0 Å². The van der Waals surface area contributed by atoms with Crippen LogP contribution in [0.5, 0.6) is 11.5 Å². The zero-order valence-electron chi connectivity index (χ0n) is 22.7. The van der Waals surface area contributed by atoms with Crippen molar-refractivity contribution < 1.29 is 24.0 Å². The average Bonchev–Trinajstić information content (AvgIpc) is 3.14. The summed E-state index contributed by atoms with van der Waals surface area (Å²) in [5, 5.41) is 11.2. The van der Waals surface area contributed by atoms with Gasteiger partial charge in [0.1, 0.15) is 11.5 Å². The number of hydrogen-bond donors (Lipinski definition) is 0. The number of esters is 1. The third kappa shape index (κ3) is 4.15. The molecule has 0 saturated carbocycles. The minimum atomic E-state index is -0.915. The second-order valence-corrected chi connectivity index (χ2v) is 10.6. The lowest BCUT2D eigenvalue weighted by Crippen LogP contribution is -2.58. The SMILES string of the molecule is CN1c2ccc(C(=O)Oc3ccc(C(=O)c4ccccc4)cc3)cc2C(C)(C)C12C=Cc1cc([N+](=O)[O-])ccc1O2. The van der Waals surface area contributed by atoms with Gasteiger partial charge in [-0.25, -0.2) is 4.79 Å². The Balaban J connectivity index is 1.24. The normalized spacial score (nSPS) is 17.9. The van der Waals surface area contributed by atoms with Crippen molar-refractivity contribution >= 4 is 29.2 Å². The maximum atomic E-state index is 13.2. The minimum absolute atomic E-state index is 0.00383. The summed E-state index contributed by atoms with van der Waals surface area (Å²) in [6.45, 7) is 4.07. The van der Waals surface area contributed by atoms with Crippen LogP contribution in [0.3, 0.4) is 0 Å². The maximum absolute atomic E-state index is 13.2. The molecule has 0 N–H and O–H groups in total. The first-order valence-corrected chi connectivity index (χ1v) is 13.1. The molecule has 0 amide bonds. The number of nitro benzene ring substituents is 1. The quantitative estimate of drug-likeness (QED) is 0.0917. The highest BCUT2D eigenvalue weighted by atomic mass is 16.6. The Bertz CT molecular complexity index is 1740. The van der Waals surface area contributed by atoms with Crippen LogP contribution in [-0.2, 0) is 5.41 Å². The Morgan fingerprint density at radius 1 is 0.878 bits per heavy atom. The molecule has 41 heavy (non-hydrogen) atoms. The summed E-state index contributed by atoms with van der Waals surface area (Å²) in [4.78, 5) is 38.6. The van der Waals surface area contributed by atoms with Gasteiger partial charge in [-0.2, -0.15) is 0 Å².